The fourth-order valence-corrected chi connectivity index (χ4v) is 2.32. The van der Waals surface area contributed by atoms with Gasteiger partial charge >= 0.3 is 0 Å². The van der Waals surface area contributed by atoms with Crippen LogP contribution in [0.3, 0.4) is 0 Å². The van der Waals surface area contributed by atoms with Gasteiger partial charge in [0, 0.05) is 17.7 Å². The number of rotatable bonds is 9. The predicted octanol–water partition coefficient (Wildman–Crippen LogP) is 4.25. The van der Waals surface area contributed by atoms with E-state index in [9.17, 15) is 10.1 Å². The van der Waals surface area contributed by atoms with Crippen LogP contribution in [0.1, 0.15) is 30.5 Å². The van der Waals surface area contributed by atoms with Crippen molar-refractivity contribution in [3.8, 4) is 11.5 Å². The van der Waals surface area contributed by atoms with Gasteiger partial charge in [-0.3, -0.25) is 10.1 Å². The fourth-order valence-electron chi connectivity index (χ4n) is 2.32. The molecule has 0 N–H and O–H groups in total. The molecule has 2 aromatic carbocycles. The van der Waals surface area contributed by atoms with E-state index in [0.29, 0.717) is 30.3 Å². The molecule has 0 spiro atoms. The Kier molecular flexibility index (Phi) is 6.96. The Morgan fingerprint density at radius 2 is 1.81 bits per heavy atom. The van der Waals surface area contributed by atoms with E-state index >= 15 is 0 Å². The summed E-state index contributed by atoms with van der Waals surface area (Å²) in [5.74, 6) is 1.35. The fraction of sp³-hybridized carbons (Fsp3) is 0.316. The van der Waals surface area contributed by atoms with Crippen LogP contribution in [0.2, 0.25) is 0 Å². The van der Waals surface area contributed by atoms with E-state index in [1.165, 1.54) is 12.1 Å². The van der Waals surface area contributed by atoms with Crippen molar-refractivity contribution in [3.05, 3.63) is 63.2 Å². The van der Waals surface area contributed by atoms with Crippen molar-refractivity contribution < 1.29 is 19.2 Å². The van der Waals surface area contributed by atoms with Crippen molar-refractivity contribution in [2.24, 2.45) is 5.16 Å². The number of benzene rings is 2. The Labute approximate surface area is 152 Å². The van der Waals surface area contributed by atoms with Gasteiger partial charge in [0.1, 0.15) is 6.61 Å². The topological polar surface area (TPSA) is 83.2 Å². The van der Waals surface area contributed by atoms with E-state index in [1.807, 2.05) is 32.9 Å². The smallest absolute Gasteiger partial charge is 0.269 e. The summed E-state index contributed by atoms with van der Waals surface area (Å²) in [6, 6.07) is 10.0. The lowest BCUT2D eigenvalue weighted by molar-refractivity contribution is -0.384. The van der Waals surface area contributed by atoms with E-state index in [-0.39, 0.29) is 12.3 Å². The van der Waals surface area contributed by atoms with Crippen LogP contribution in [0.5, 0.6) is 11.5 Å². The zero-order chi connectivity index (χ0) is 18.9. The minimum absolute atomic E-state index is 0.0267. The summed E-state index contributed by atoms with van der Waals surface area (Å²) < 4.78 is 11.2. The number of oxime groups is 1. The molecule has 0 aromatic heterocycles. The van der Waals surface area contributed by atoms with Crippen LogP contribution in [-0.4, -0.2) is 24.4 Å². The van der Waals surface area contributed by atoms with Gasteiger partial charge in [0.05, 0.1) is 24.4 Å². The van der Waals surface area contributed by atoms with Gasteiger partial charge in [-0.05, 0) is 44.0 Å². The summed E-state index contributed by atoms with van der Waals surface area (Å²) in [4.78, 5) is 15.6. The van der Waals surface area contributed by atoms with Gasteiger partial charge in [-0.2, -0.15) is 0 Å². The second kappa shape index (κ2) is 9.41. The van der Waals surface area contributed by atoms with Crippen molar-refractivity contribution in [1.29, 1.82) is 0 Å². The number of nitrogens with zero attached hydrogens (tertiary/aromatic N) is 2. The Balaban J connectivity index is 2.06. The van der Waals surface area contributed by atoms with E-state index in [0.717, 1.165) is 11.1 Å². The largest absolute Gasteiger partial charge is 0.490 e. The lowest BCUT2D eigenvalue weighted by atomic mass is 10.1. The first-order valence-electron chi connectivity index (χ1n) is 8.34. The van der Waals surface area contributed by atoms with Crippen LogP contribution < -0.4 is 9.47 Å². The quantitative estimate of drug-likeness (QED) is 0.380. The van der Waals surface area contributed by atoms with Gasteiger partial charge in [0.2, 0.25) is 0 Å². The van der Waals surface area contributed by atoms with Crippen LogP contribution in [0.15, 0.2) is 41.6 Å². The highest BCUT2D eigenvalue weighted by atomic mass is 16.6. The van der Waals surface area contributed by atoms with E-state index in [2.05, 4.69) is 5.16 Å². The minimum Gasteiger partial charge on any atom is -0.490 e. The monoisotopic (exact) mass is 358 g/mol. The van der Waals surface area contributed by atoms with Gasteiger partial charge < -0.3 is 14.3 Å². The normalized spacial score (nSPS) is 10.7. The Morgan fingerprint density at radius 3 is 2.46 bits per heavy atom. The lowest BCUT2D eigenvalue weighted by Gasteiger charge is -2.13. The van der Waals surface area contributed by atoms with Gasteiger partial charge in [-0.25, -0.2) is 0 Å². The Bertz CT molecular complexity index is 789. The first kappa shape index (κ1) is 19.2. The molecule has 7 heteroatoms. The molecule has 138 valence electrons. The van der Waals surface area contributed by atoms with Gasteiger partial charge in [-0.15, -0.1) is 0 Å². The molecule has 0 saturated heterocycles. The second-order valence-electron chi connectivity index (χ2n) is 5.46. The molecule has 2 rings (SSSR count). The summed E-state index contributed by atoms with van der Waals surface area (Å²) in [5, 5.41) is 14.7. The molecule has 0 aliphatic rings. The predicted molar refractivity (Wildman–Crippen MR) is 99.0 cm³/mol. The molecule has 7 nitrogen and oxygen atoms in total. The third-order valence-electron chi connectivity index (χ3n) is 3.55. The number of nitro benzene ring substituents is 1. The maximum atomic E-state index is 10.8. The number of ether oxygens (including phenoxy) is 2. The lowest BCUT2D eigenvalue weighted by Crippen LogP contribution is -2.01. The van der Waals surface area contributed by atoms with E-state index < -0.39 is 4.92 Å². The van der Waals surface area contributed by atoms with Gasteiger partial charge in [0.15, 0.2) is 11.5 Å². The molecule has 0 atom stereocenters. The van der Waals surface area contributed by atoms with Crippen molar-refractivity contribution in [2.75, 3.05) is 13.2 Å². The van der Waals surface area contributed by atoms with Gasteiger partial charge in [-0.1, -0.05) is 17.3 Å². The molecular weight excluding hydrogens is 336 g/mol. The number of aryl methyl sites for hydroxylation is 1. The summed E-state index contributed by atoms with van der Waals surface area (Å²) in [7, 11) is 0. The number of hydrogen-bond donors (Lipinski definition) is 0. The van der Waals surface area contributed by atoms with Gasteiger partial charge in [0.25, 0.3) is 5.69 Å². The summed E-state index contributed by atoms with van der Waals surface area (Å²) >= 11 is 0. The molecule has 0 radical (unpaired) electrons. The molecule has 0 saturated carbocycles. The highest BCUT2D eigenvalue weighted by molar-refractivity contribution is 5.82. The number of hydrogen-bond acceptors (Lipinski definition) is 6. The standard InChI is InChI=1S/C19H22N2O5/c1-4-24-18-9-14(3)16(11-19(18)25-5-2)12-20-26-13-15-7-6-8-17(10-15)21(22)23/h6-12H,4-5,13H2,1-3H3/b20-12-. The second-order valence-corrected chi connectivity index (χ2v) is 5.46. The van der Waals surface area contributed by atoms with Crippen LogP contribution in [-0.2, 0) is 11.4 Å². The first-order chi connectivity index (χ1) is 12.5. The molecule has 0 bridgehead atoms. The van der Waals surface area contributed by atoms with Crippen molar-refractivity contribution >= 4 is 11.9 Å². The number of non-ortho nitro benzene ring substituents is 1. The van der Waals surface area contributed by atoms with Crippen molar-refractivity contribution in [1.82, 2.24) is 0 Å². The third kappa shape index (κ3) is 5.20. The van der Waals surface area contributed by atoms with Crippen LogP contribution in [0.25, 0.3) is 0 Å². The van der Waals surface area contributed by atoms with E-state index in [1.54, 1.807) is 18.3 Å². The molecule has 0 aliphatic carbocycles. The molecule has 2 aromatic rings. The first-order valence-corrected chi connectivity index (χ1v) is 8.34. The molecule has 0 aliphatic heterocycles. The minimum atomic E-state index is -0.439. The SMILES string of the molecule is CCOc1cc(C)c(/C=N\OCc2cccc([N+](=O)[O-])c2)cc1OCC. The third-order valence-corrected chi connectivity index (χ3v) is 3.55. The molecule has 26 heavy (non-hydrogen) atoms. The Hall–Kier alpha value is -3.09. The van der Waals surface area contributed by atoms with E-state index in [4.69, 9.17) is 14.3 Å². The summed E-state index contributed by atoms with van der Waals surface area (Å²) in [6.07, 6.45) is 1.59. The average molecular weight is 358 g/mol. The summed E-state index contributed by atoms with van der Waals surface area (Å²) in [6.45, 7) is 7.00. The maximum Gasteiger partial charge on any atom is 0.269 e. The zero-order valence-corrected chi connectivity index (χ0v) is 15.1. The number of nitro groups is 1. The maximum absolute atomic E-state index is 10.8. The summed E-state index contributed by atoms with van der Waals surface area (Å²) in [5.41, 5.74) is 2.52. The molecule has 0 amide bonds. The van der Waals surface area contributed by atoms with Crippen LogP contribution in [0, 0.1) is 17.0 Å². The molecular formula is C19H22N2O5. The van der Waals surface area contributed by atoms with Crippen LogP contribution in [0.4, 0.5) is 5.69 Å². The Morgan fingerprint density at radius 1 is 1.12 bits per heavy atom. The average Bonchev–Trinajstić information content (AvgIpc) is 2.62. The van der Waals surface area contributed by atoms with Crippen molar-refractivity contribution in [2.45, 2.75) is 27.4 Å². The highest BCUT2D eigenvalue weighted by Crippen LogP contribution is 2.30. The van der Waals surface area contributed by atoms with Crippen LogP contribution >= 0.6 is 0 Å². The zero-order valence-electron chi connectivity index (χ0n) is 15.1. The van der Waals surface area contributed by atoms with Crippen molar-refractivity contribution in [3.63, 3.8) is 0 Å². The molecule has 0 unspecified atom stereocenters. The molecule has 0 heterocycles. The molecule has 0 fully saturated rings. The highest BCUT2D eigenvalue weighted by Gasteiger charge is 2.09.